The van der Waals surface area contributed by atoms with Crippen molar-refractivity contribution >= 4 is 18.4 Å². The summed E-state index contributed by atoms with van der Waals surface area (Å²) in [5, 5.41) is 0. The third-order valence-electron chi connectivity index (χ3n) is 4.00. The van der Waals surface area contributed by atoms with Gasteiger partial charge in [-0.3, -0.25) is 9.69 Å². The average molecular weight is 366 g/mol. The molecule has 0 saturated heterocycles. The summed E-state index contributed by atoms with van der Waals surface area (Å²) < 4.78 is 5.27. The summed E-state index contributed by atoms with van der Waals surface area (Å²) in [6.07, 6.45) is 12.8. The Bertz CT molecular complexity index is 263. The number of ether oxygens (including phenoxy) is 1. The number of carbonyl (C=O) groups excluding carboxylic acids is 1. The summed E-state index contributed by atoms with van der Waals surface area (Å²) in [4.78, 5) is 13.7. The summed E-state index contributed by atoms with van der Waals surface area (Å²) in [5.74, 6) is -0.164. The zero-order chi connectivity index (χ0) is 17.2. The Hall–Kier alpha value is -0.360. The van der Waals surface area contributed by atoms with Crippen LogP contribution >= 0.6 is 12.4 Å². The van der Waals surface area contributed by atoms with Crippen molar-refractivity contribution in [2.75, 3.05) is 39.3 Å². The predicted octanol–water partition coefficient (Wildman–Crippen LogP) is 3.09. The smallest absolute Gasteiger partial charge is 0.320 e. The van der Waals surface area contributed by atoms with E-state index in [4.69, 9.17) is 16.2 Å². The molecule has 0 aromatic rings. The van der Waals surface area contributed by atoms with Crippen molar-refractivity contribution in [2.45, 2.75) is 71.1 Å². The van der Waals surface area contributed by atoms with Gasteiger partial charge in [-0.05, 0) is 6.42 Å². The second-order valence-electron chi connectivity index (χ2n) is 6.26. The van der Waals surface area contributed by atoms with Crippen molar-refractivity contribution in [1.82, 2.24) is 4.90 Å². The fourth-order valence-electron chi connectivity index (χ4n) is 2.64. The van der Waals surface area contributed by atoms with Gasteiger partial charge >= 0.3 is 5.97 Å². The minimum atomic E-state index is -0.164. The number of esters is 1. The first-order valence-corrected chi connectivity index (χ1v) is 9.52. The van der Waals surface area contributed by atoms with Crippen molar-refractivity contribution < 1.29 is 9.53 Å². The lowest BCUT2D eigenvalue weighted by atomic mass is 10.1. The second-order valence-corrected chi connectivity index (χ2v) is 6.26. The van der Waals surface area contributed by atoms with Crippen molar-refractivity contribution in [3.8, 4) is 0 Å². The number of hydrogen-bond donors (Lipinski definition) is 2. The highest BCUT2D eigenvalue weighted by molar-refractivity contribution is 5.85. The highest BCUT2D eigenvalue weighted by Gasteiger charge is 2.10. The first kappa shape index (κ1) is 25.9. The van der Waals surface area contributed by atoms with Gasteiger partial charge in [0.1, 0.15) is 0 Å². The van der Waals surface area contributed by atoms with Gasteiger partial charge in [-0.2, -0.15) is 0 Å². The van der Waals surface area contributed by atoms with Crippen LogP contribution in [0.25, 0.3) is 0 Å². The van der Waals surface area contributed by atoms with E-state index in [1.807, 2.05) is 4.90 Å². The number of hydrogen-bond acceptors (Lipinski definition) is 5. The predicted molar refractivity (Wildman–Crippen MR) is 105 cm³/mol. The van der Waals surface area contributed by atoms with Crippen LogP contribution in [0.1, 0.15) is 71.1 Å². The number of unbranched alkanes of at least 4 members (excludes halogenated alkanes) is 9. The summed E-state index contributed by atoms with van der Waals surface area (Å²) >= 11 is 0. The molecule has 0 atom stereocenters. The fraction of sp³-hybridized carbons (Fsp3) is 0.944. The van der Waals surface area contributed by atoms with Crippen LogP contribution in [0.2, 0.25) is 0 Å². The molecule has 146 valence electrons. The Morgan fingerprint density at radius 3 is 1.75 bits per heavy atom. The first-order valence-electron chi connectivity index (χ1n) is 9.52. The van der Waals surface area contributed by atoms with E-state index >= 15 is 0 Å². The Kier molecular flexibility index (Phi) is 22.3. The van der Waals surface area contributed by atoms with Crippen LogP contribution in [0.5, 0.6) is 0 Å². The molecule has 0 rings (SSSR count). The summed E-state index contributed by atoms with van der Waals surface area (Å²) in [6.45, 7) is 5.52. The minimum Gasteiger partial charge on any atom is -0.465 e. The van der Waals surface area contributed by atoms with Crippen LogP contribution in [0.4, 0.5) is 0 Å². The van der Waals surface area contributed by atoms with Gasteiger partial charge in [-0.1, -0.05) is 64.7 Å². The molecule has 0 bridgehead atoms. The molecule has 0 aliphatic heterocycles. The molecular weight excluding hydrogens is 326 g/mol. The normalized spacial score (nSPS) is 10.7. The number of nitrogens with two attached hydrogens (primary N) is 2. The number of rotatable bonds is 17. The van der Waals surface area contributed by atoms with Crippen LogP contribution in [-0.4, -0.2) is 50.2 Å². The van der Waals surface area contributed by atoms with Crippen LogP contribution in [-0.2, 0) is 9.53 Å². The zero-order valence-corrected chi connectivity index (χ0v) is 16.5. The number of nitrogens with zero attached hydrogens (tertiary/aromatic N) is 1. The molecule has 0 aliphatic carbocycles. The molecule has 0 heterocycles. The van der Waals surface area contributed by atoms with E-state index in [-0.39, 0.29) is 18.4 Å². The summed E-state index contributed by atoms with van der Waals surface area (Å²) in [6, 6.07) is 0. The van der Waals surface area contributed by atoms with E-state index in [0.29, 0.717) is 39.3 Å². The lowest BCUT2D eigenvalue weighted by molar-refractivity contribution is -0.145. The van der Waals surface area contributed by atoms with Gasteiger partial charge in [0.05, 0.1) is 13.2 Å². The van der Waals surface area contributed by atoms with Crippen LogP contribution < -0.4 is 11.5 Å². The van der Waals surface area contributed by atoms with E-state index in [9.17, 15) is 4.79 Å². The third kappa shape index (κ3) is 18.0. The highest BCUT2D eigenvalue weighted by Crippen LogP contribution is 2.10. The molecule has 0 aliphatic rings. The largest absolute Gasteiger partial charge is 0.465 e. The van der Waals surface area contributed by atoms with Gasteiger partial charge in [-0.15, -0.1) is 12.4 Å². The lowest BCUT2D eigenvalue weighted by Crippen LogP contribution is -2.38. The highest BCUT2D eigenvalue weighted by atomic mass is 35.5. The van der Waals surface area contributed by atoms with Crippen molar-refractivity contribution in [3.63, 3.8) is 0 Å². The van der Waals surface area contributed by atoms with Gasteiger partial charge < -0.3 is 16.2 Å². The maximum Gasteiger partial charge on any atom is 0.320 e. The second kappa shape index (κ2) is 20.7. The molecule has 0 aromatic carbocycles. The maximum atomic E-state index is 11.7. The van der Waals surface area contributed by atoms with Crippen molar-refractivity contribution in [2.24, 2.45) is 11.5 Å². The van der Waals surface area contributed by atoms with Gasteiger partial charge in [0.2, 0.25) is 0 Å². The number of carbonyl (C=O) groups is 1. The lowest BCUT2D eigenvalue weighted by Gasteiger charge is -2.19. The average Bonchev–Trinajstić information content (AvgIpc) is 2.53. The van der Waals surface area contributed by atoms with E-state index < -0.39 is 0 Å². The Balaban J connectivity index is 0. The van der Waals surface area contributed by atoms with E-state index in [2.05, 4.69) is 6.92 Å². The van der Waals surface area contributed by atoms with Gasteiger partial charge in [0.25, 0.3) is 0 Å². The molecular formula is C18H40ClN3O2. The standard InChI is InChI=1S/C18H39N3O2.ClH/c1-2-3-4-5-6-7-8-9-10-11-16-23-18(22)17-21(14-12-19)15-13-20;/h2-17,19-20H2,1H3;1H. The minimum absolute atomic E-state index is 0. The maximum absolute atomic E-state index is 11.7. The Labute approximate surface area is 155 Å². The van der Waals surface area contributed by atoms with Crippen molar-refractivity contribution in [3.05, 3.63) is 0 Å². The van der Waals surface area contributed by atoms with Crippen molar-refractivity contribution in [1.29, 1.82) is 0 Å². The molecule has 6 heteroatoms. The quantitative estimate of drug-likeness (QED) is 0.306. The molecule has 24 heavy (non-hydrogen) atoms. The first-order chi connectivity index (χ1) is 11.2. The van der Waals surface area contributed by atoms with Crippen LogP contribution in [0, 0.1) is 0 Å². The third-order valence-corrected chi connectivity index (χ3v) is 4.00. The fourth-order valence-corrected chi connectivity index (χ4v) is 2.64. The molecule has 0 unspecified atom stereocenters. The molecule has 0 radical (unpaired) electrons. The monoisotopic (exact) mass is 365 g/mol. The topological polar surface area (TPSA) is 81.6 Å². The molecule has 0 saturated carbocycles. The van der Waals surface area contributed by atoms with E-state index in [1.54, 1.807) is 0 Å². The molecule has 0 aromatic heterocycles. The molecule has 0 amide bonds. The van der Waals surface area contributed by atoms with E-state index in [1.165, 1.54) is 51.4 Å². The zero-order valence-electron chi connectivity index (χ0n) is 15.6. The van der Waals surface area contributed by atoms with Crippen LogP contribution in [0.3, 0.4) is 0 Å². The SMILES string of the molecule is CCCCCCCCCCCCOC(=O)CN(CCN)CCN.Cl. The Morgan fingerprint density at radius 2 is 1.29 bits per heavy atom. The van der Waals surface area contributed by atoms with Gasteiger partial charge in [-0.25, -0.2) is 0 Å². The molecule has 0 fully saturated rings. The van der Waals surface area contributed by atoms with Gasteiger partial charge in [0, 0.05) is 26.2 Å². The summed E-state index contributed by atoms with van der Waals surface area (Å²) in [7, 11) is 0. The molecule has 0 spiro atoms. The molecule has 4 N–H and O–H groups in total. The number of halogens is 1. The Morgan fingerprint density at radius 1 is 0.833 bits per heavy atom. The van der Waals surface area contributed by atoms with Gasteiger partial charge in [0.15, 0.2) is 0 Å². The summed E-state index contributed by atoms with van der Waals surface area (Å²) in [5.41, 5.74) is 11.0. The molecule has 5 nitrogen and oxygen atoms in total. The van der Waals surface area contributed by atoms with E-state index in [0.717, 1.165) is 12.8 Å². The van der Waals surface area contributed by atoms with Crippen LogP contribution in [0.15, 0.2) is 0 Å².